The van der Waals surface area contributed by atoms with Crippen LogP contribution in [0, 0.1) is 0 Å². The Morgan fingerprint density at radius 3 is 2.85 bits per heavy atom. The first kappa shape index (κ1) is 15.0. The average molecular weight is 298 g/mol. The van der Waals surface area contributed by atoms with Crippen LogP contribution in [-0.4, -0.2) is 39.6 Å². The fraction of sp³-hybridized carbons (Fsp3) is 0.571. The highest BCUT2D eigenvalue weighted by Gasteiger charge is 2.21. The molecule has 0 spiro atoms. The molecule has 0 atom stereocenters. The van der Waals surface area contributed by atoms with E-state index in [0.717, 1.165) is 12.1 Å². The van der Waals surface area contributed by atoms with E-state index < -0.39 is 9.84 Å². The van der Waals surface area contributed by atoms with E-state index in [0.29, 0.717) is 37.6 Å². The van der Waals surface area contributed by atoms with E-state index in [2.05, 4.69) is 0 Å². The third-order valence-corrected chi connectivity index (χ3v) is 5.12. The molecule has 6 heteroatoms. The van der Waals surface area contributed by atoms with Gasteiger partial charge in [0.2, 0.25) is 0 Å². The molecule has 0 unspecified atom stereocenters. The molecule has 2 N–H and O–H groups in total. The molecular formula is C14H22N2O3S. The summed E-state index contributed by atoms with van der Waals surface area (Å²) >= 11 is 0. The summed E-state index contributed by atoms with van der Waals surface area (Å²) in [5.41, 5.74) is 7.63. The van der Waals surface area contributed by atoms with Crippen molar-refractivity contribution in [3.05, 3.63) is 18.2 Å². The Bertz CT molecular complexity index is 558. The largest absolute Gasteiger partial charge is 0.491 e. The lowest BCUT2D eigenvalue weighted by Crippen LogP contribution is -2.27. The van der Waals surface area contributed by atoms with E-state index in [4.69, 9.17) is 10.5 Å². The van der Waals surface area contributed by atoms with Gasteiger partial charge < -0.3 is 15.4 Å². The fourth-order valence-electron chi connectivity index (χ4n) is 2.33. The summed E-state index contributed by atoms with van der Waals surface area (Å²) in [6.45, 7) is 3.87. The highest BCUT2D eigenvalue weighted by Crippen LogP contribution is 2.33. The van der Waals surface area contributed by atoms with Gasteiger partial charge in [0.1, 0.15) is 5.75 Å². The third-order valence-electron chi connectivity index (χ3n) is 3.40. The molecule has 1 aromatic rings. The van der Waals surface area contributed by atoms with Crippen LogP contribution >= 0.6 is 0 Å². The van der Waals surface area contributed by atoms with Crippen LogP contribution in [0.25, 0.3) is 0 Å². The molecule has 0 saturated carbocycles. The van der Waals surface area contributed by atoms with Gasteiger partial charge in [-0.05, 0) is 25.0 Å². The van der Waals surface area contributed by atoms with E-state index in [1.165, 1.54) is 0 Å². The minimum absolute atomic E-state index is 0.187. The minimum atomic E-state index is -2.91. The van der Waals surface area contributed by atoms with Crippen molar-refractivity contribution in [3.8, 4) is 5.75 Å². The zero-order chi connectivity index (χ0) is 14.6. The van der Waals surface area contributed by atoms with E-state index in [1.807, 2.05) is 30.0 Å². The van der Waals surface area contributed by atoms with Crippen LogP contribution in [0.3, 0.4) is 0 Å². The first-order valence-electron chi connectivity index (χ1n) is 7.00. The molecule has 1 heterocycles. The second-order valence-corrected chi connectivity index (χ2v) is 7.33. The van der Waals surface area contributed by atoms with Crippen molar-refractivity contribution in [3.63, 3.8) is 0 Å². The van der Waals surface area contributed by atoms with Crippen LogP contribution in [0.1, 0.15) is 19.8 Å². The summed E-state index contributed by atoms with van der Waals surface area (Å²) < 4.78 is 28.9. The number of hydrogen-bond donors (Lipinski definition) is 1. The number of sulfone groups is 1. The predicted octanol–water partition coefficient (Wildman–Crippen LogP) is 1.68. The Hall–Kier alpha value is -1.43. The molecule has 1 saturated heterocycles. The molecule has 0 amide bonds. The molecule has 0 radical (unpaired) electrons. The Morgan fingerprint density at radius 2 is 2.10 bits per heavy atom. The number of nitrogen functional groups attached to an aromatic ring is 1. The topological polar surface area (TPSA) is 72.6 Å². The zero-order valence-electron chi connectivity index (χ0n) is 11.8. The molecule has 0 aromatic heterocycles. The molecule has 5 nitrogen and oxygen atoms in total. The van der Waals surface area contributed by atoms with Gasteiger partial charge in [0.05, 0.1) is 29.5 Å². The molecule has 0 aliphatic carbocycles. The fourth-order valence-corrected chi connectivity index (χ4v) is 3.60. The van der Waals surface area contributed by atoms with Crippen molar-refractivity contribution in [2.45, 2.75) is 19.8 Å². The number of anilines is 2. The Balaban J connectivity index is 2.19. The van der Waals surface area contributed by atoms with Gasteiger partial charge in [-0.3, -0.25) is 0 Å². The van der Waals surface area contributed by atoms with Crippen LogP contribution in [0.2, 0.25) is 0 Å². The van der Waals surface area contributed by atoms with Gasteiger partial charge in [-0.15, -0.1) is 0 Å². The molecule has 20 heavy (non-hydrogen) atoms. The molecule has 112 valence electrons. The monoisotopic (exact) mass is 298 g/mol. The van der Waals surface area contributed by atoms with E-state index in [1.54, 1.807) is 0 Å². The number of benzene rings is 1. The average Bonchev–Trinajstić information content (AvgIpc) is 2.59. The summed E-state index contributed by atoms with van der Waals surface area (Å²) in [7, 11) is -2.91. The van der Waals surface area contributed by atoms with Crippen LogP contribution in [-0.2, 0) is 9.84 Å². The van der Waals surface area contributed by atoms with Crippen molar-refractivity contribution >= 4 is 21.2 Å². The molecule has 1 aliphatic rings. The van der Waals surface area contributed by atoms with Gasteiger partial charge in [0.25, 0.3) is 0 Å². The maximum absolute atomic E-state index is 11.7. The zero-order valence-corrected chi connectivity index (χ0v) is 12.7. The van der Waals surface area contributed by atoms with Gasteiger partial charge in [-0.1, -0.05) is 13.0 Å². The number of ether oxygens (including phenoxy) is 1. The van der Waals surface area contributed by atoms with E-state index in [-0.39, 0.29) is 11.5 Å². The van der Waals surface area contributed by atoms with Crippen LogP contribution in [0.4, 0.5) is 11.4 Å². The number of nitrogens with two attached hydrogens (primary N) is 1. The summed E-state index contributed by atoms with van der Waals surface area (Å²) in [4.78, 5) is 2.04. The van der Waals surface area contributed by atoms with Crippen LogP contribution in [0.15, 0.2) is 18.2 Å². The Labute approximate surface area is 120 Å². The second-order valence-electron chi connectivity index (χ2n) is 5.03. The van der Waals surface area contributed by atoms with Crippen molar-refractivity contribution < 1.29 is 13.2 Å². The molecular weight excluding hydrogens is 276 g/mol. The van der Waals surface area contributed by atoms with E-state index >= 15 is 0 Å². The standard InChI is InChI=1S/C14H22N2O3S/c1-2-9-19-13-6-3-5-12(14(13)15)16-7-4-10-20(17,18)11-8-16/h3,5-6H,2,4,7-11,15H2,1H3. The van der Waals surface area contributed by atoms with Gasteiger partial charge in [0, 0.05) is 13.1 Å². The van der Waals surface area contributed by atoms with E-state index in [9.17, 15) is 8.42 Å². The van der Waals surface area contributed by atoms with Gasteiger partial charge >= 0.3 is 0 Å². The summed E-state index contributed by atoms with van der Waals surface area (Å²) in [5, 5.41) is 0. The van der Waals surface area contributed by atoms with Crippen molar-refractivity contribution in [2.24, 2.45) is 0 Å². The number of hydrogen-bond acceptors (Lipinski definition) is 5. The van der Waals surface area contributed by atoms with Gasteiger partial charge in [0.15, 0.2) is 9.84 Å². The second kappa shape index (κ2) is 6.35. The lowest BCUT2D eigenvalue weighted by atomic mass is 10.2. The third kappa shape index (κ3) is 3.56. The maximum Gasteiger partial charge on any atom is 0.152 e. The van der Waals surface area contributed by atoms with Crippen molar-refractivity contribution in [2.75, 3.05) is 41.8 Å². The molecule has 0 bridgehead atoms. The first-order chi connectivity index (χ1) is 9.53. The maximum atomic E-state index is 11.7. The Kier molecular flexibility index (Phi) is 4.75. The smallest absolute Gasteiger partial charge is 0.152 e. The lowest BCUT2D eigenvalue weighted by molar-refractivity contribution is 0.319. The number of para-hydroxylation sites is 1. The normalized spacial score (nSPS) is 18.6. The molecule has 1 fully saturated rings. The van der Waals surface area contributed by atoms with Gasteiger partial charge in [-0.2, -0.15) is 0 Å². The summed E-state index contributed by atoms with van der Waals surface area (Å²) in [6.07, 6.45) is 1.56. The number of nitrogens with zero attached hydrogens (tertiary/aromatic N) is 1. The van der Waals surface area contributed by atoms with Crippen LogP contribution in [0.5, 0.6) is 5.75 Å². The lowest BCUT2D eigenvalue weighted by Gasteiger charge is -2.24. The molecule has 2 rings (SSSR count). The first-order valence-corrected chi connectivity index (χ1v) is 8.82. The quantitative estimate of drug-likeness (QED) is 0.856. The number of rotatable bonds is 4. The minimum Gasteiger partial charge on any atom is -0.491 e. The summed E-state index contributed by atoms with van der Waals surface area (Å²) in [5.74, 6) is 1.12. The Morgan fingerprint density at radius 1 is 1.30 bits per heavy atom. The van der Waals surface area contributed by atoms with Crippen molar-refractivity contribution in [1.82, 2.24) is 0 Å². The molecule has 1 aromatic carbocycles. The predicted molar refractivity (Wildman–Crippen MR) is 82.1 cm³/mol. The highest BCUT2D eigenvalue weighted by atomic mass is 32.2. The summed E-state index contributed by atoms with van der Waals surface area (Å²) in [6, 6.07) is 5.67. The van der Waals surface area contributed by atoms with Crippen molar-refractivity contribution in [1.29, 1.82) is 0 Å². The van der Waals surface area contributed by atoms with Gasteiger partial charge in [-0.25, -0.2) is 8.42 Å². The highest BCUT2D eigenvalue weighted by molar-refractivity contribution is 7.91. The SMILES string of the molecule is CCCOc1cccc(N2CCCS(=O)(=O)CC2)c1N. The van der Waals surface area contributed by atoms with Crippen LogP contribution < -0.4 is 15.4 Å². The molecule has 1 aliphatic heterocycles.